The van der Waals surface area contributed by atoms with Crippen LogP contribution in [0.3, 0.4) is 0 Å². The third-order valence-corrected chi connectivity index (χ3v) is 3.31. The molecule has 92 valence electrons. The fourth-order valence-corrected chi connectivity index (χ4v) is 2.03. The number of amides is 1. The van der Waals surface area contributed by atoms with E-state index in [4.69, 9.17) is 5.11 Å². The van der Waals surface area contributed by atoms with Gasteiger partial charge in [0.25, 0.3) is 5.91 Å². The molecule has 0 unspecified atom stereocenters. The summed E-state index contributed by atoms with van der Waals surface area (Å²) in [6, 6.07) is 9.88. The topological polar surface area (TPSA) is 61.7 Å². The Kier molecular flexibility index (Phi) is 3.74. The van der Waals surface area contributed by atoms with Crippen molar-refractivity contribution in [1.29, 1.82) is 0 Å². The number of phenolic OH excluding ortho intramolecular Hbond substituents is 1. The summed E-state index contributed by atoms with van der Waals surface area (Å²) in [6.07, 6.45) is 0. The Morgan fingerprint density at radius 1 is 1.28 bits per heavy atom. The molecule has 0 bridgehead atoms. The van der Waals surface area contributed by atoms with Gasteiger partial charge in [-0.15, -0.1) is 11.3 Å². The van der Waals surface area contributed by atoms with Gasteiger partial charge in [-0.25, -0.2) is 5.43 Å². The number of hydrazone groups is 1. The molecule has 0 aliphatic heterocycles. The number of rotatable bonds is 3. The van der Waals surface area contributed by atoms with Gasteiger partial charge in [0.1, 0.15) is 5.75 Å². The molecule has 2 rings (SSSR count). The molecule has 1 aromatic carbocycles. The Morgan fingerprint density at radius 2 is 2.00 bits per heavy atom. The minimum absolute atomic E-state index is 0.129. The van der Waals surface area contributed by atoms with Gasteiger partial charge in [0.05, 0.1) is 5.71 Å². The van der Waals surface area contributed by atoms with Gasteiger partial charge in [0, 0.05) is 10.4 Å². The van der Waals surface area contributed by atoms with Crippen molar-refractivity contribution >= 4 is 23.0 Å². The first-order valence-electron chi connectivity index (χ1n) is 5.34. The van der Waals surface area contributed by atoms with Crippen LogP contribution in [0.1, 0.15) is 22.2 Å². The zero-order chi connectivity index (χ0) is 13.0. The number of aromatic hydroxyl groups is 1. The molecule has 0 saturated carbocycles. The SMILES string of the molecule is CC(=NNC(=O)c1ccc(O)cc1)c1cccs1. The van der Waals surface area contributed by atoms with E-state index in [1.54, 1.807) is 23.5 Å². The van der Waals surface area contributed by atoms with E-state index in [1.165, 1.54) is 12.1 Å². The highest BCUT2D eigenvalue weighted by atomic mass is 32.1. The van der Waals surface area contributed by atoms with Gasteiger partial charge in [-0.3, -0.25) is 4.79 Å². The molecule has 1 amide bonds. The second kappa shape index (κ2) is 5.46. The monoisotopic (exact) mass is 260 g/mol. The van der Waals surface area contributed by atoms with Crippen molar-refractivity contribution in [2.75, 3.05) is 0 Å². The normalized spacial score (nSPS) is 11.3. The molecular weight excluding hydrogens is 248 g/mol. The average Bonchev–Trinajstić information content (AvgIpc) is 2.90. The number of carbonyl (C=O) groups is 1. The van der Waals surface area contributed by atoms with Crippen LogP contribution in [0.25, 0.3) is 0 Å². The fourth-order valence-electron chi connectivity index (χ4n) is 1.35. The third kappa shape index (κ3) is 2.95. The number of carbonyl (C=O) groups excluding carboxylic acids is 1. The molecular formula is C13H12N2O2S. The second-order valence-electron chi connectivity index (χ2n) is 3.66. The van der Waals surface area contributed by atoms with Gasteiger partial charge in [-0.05, 0) is 42.6 Å². The van der Waals surface area contributed by atoms with Crippen LogP contribution >= 0.6 is 11.3 Å². The van der Waals surface area contributed by atoms with Crippen molar-refractivity contribution < 1.29 is 9.90 Å². The first kappa shape index (κ1) is 12.3. The quantitative estimate of drug-likeness (QED) is 0.658. The van der Waals surface area contributed by atoms with Crippen LogP contribution in [0.2, 0.25) is 0 Å². The van der Waals surface area contributed by atoms with E-state index in [2.05, 4.69) is 10.5 Å². The van der Waals surface area contributed by atoms with Crippen LogP contribution in [-0.2, 0) is 0 Å². The summed E-state index contributed by atoms with van der Waals surface area (Å²) < 4.78 is 0. The highest BCUT2D eigenvalue weighted by Crippen LogP contribution is 2.11. The molecule has 1 heterocycles. The molecule has 1 aromatic heterocycles. The zero-order valence-electron chi connectivity index (χ0n) is 9.75. The van der Waals surface area contributed by atoms with Crippen LogP contribution in [0.5, 0.6) is 5.75 Å². The first-order chi connectivity index (χ1) is 8.66. The van der Waals surface area contributed by atoms with Crippen molar-refractivity contribution in [1.82, 2.24) is 5.43 Å². The molecule has 0 fully saturated rings. The van der Waals surface area contributed by atoms with Gasteiger partial charge in [0.15, 0.2) is 0 Å². The maximum Gasteiger partial charge on any atom is 0.271 e. The zero-order valence-corrected chi connectivity index (χ0v) is 10.6. The lowest BCUT2D eigenvalue weighted by molar-refractivity contribution is 0.0955. The van der Waals surface area contributed by atoms with Gasteiger partial charge in [-0.2, -0.15) is 5.10 Å². The van der Waals surface area contributed by atoms with Gasteiger partial charge >= 0.3 is 0 Å². The standard InChI is InChI=1S/C13H12N2O2S/c1-9(12-3-2-8-18-12)14-15-13(17)10-4-6-11(16)7-5-10/h2-8,16H,1H3,(H,15,17). The summed E-state index contributed by atoms with van der Waals surface area (Å²) in [7, 11) is 0. The molecule has 18 heavy (non-hydrogen) atoms. The average molecular weight is 260 g/mol. The largest absolute Gasteiger partial charge is 0.508 e. The van der Waals surface area contributed by atoms with Crippen molar-refractivity contribution in [3.63, 3.8) is 0 Å². The summed E-state index contributed by atoms with van der Waals surface area (Å²) in [5, 5.41) is 15.1. The number of thiophene rings is 1. The lowest BCUT2D eigenvalue weighted by Crippen LogP contribution is -2.18. The minimum atomic E-state index is -0.300. The molecule has 0 aliphatic carbocycles. The number of hydrogen-bond acceptors (Lipinski definition) is 4. The van der Waals surface area contributed by atoms with E-state index in [0.29, 0.717) is 5.56 Å². The predicted molar refractivity (Wildman–Crippen MR) is 72.1 cm³/mol. The van der Waals surface area contributed by atoms with Gasteiger partial charge < -0.3 is 5.11 Å². The summed E-state index contributed by atoms with van der Waals surface area (Å²) in [5.74, 6) is -0.171. The number of hydrogen-bond donors (Lipinski definition) is 2. The van der Waals surface area contributed by atoms with Crippen LogP contribution < -0.4 is 5.43 Å². The summed E-state index contributed by atoms with van der Waals surface area (Å²) >= 11 is 1.57. The van der Waals surface area contributed by atoms with Crippen molar-refractivity contribution in [2.24, 2.45) is 5.10 Å². The van der Waals surface area contributed by atoms with E-state index in [1.807, 2.05) is 24.4 Å². The lowest BCUT2D eigenvalue weighted by atomic mass is 10.2. The Balaban J connectivity index is 2.04. The molecule has 2 aromatic rings. The fraction of sp³-hybridized carbons (Fsp3) is 0.0769. The highest BCUT2D eigenvalue weighted by molar-refractivity contribution is 7.12. The van der Waals surface area contributed by atoms with Crippen LogP contribution in [0, 0.1) is 0 Å². The molecule has 0 spiro atoms. The molecule has 0 saturated heterocycles. The van der Waals surface area contributed by atoms with Crippen LogP contribution in [0.4, 0.5) is 0 Å². The molecule has 0 aliphatic rings. The lowest BCUT2D eigenvalue weighted by Gasteiger charge is -2.01. The van der Waals surface area contributed by atoms with Gasteiger partial charge in [-0.1, -0.05) is 6.07 Å². The minimum Gasteiger partial charge on any atom is -0.508 e. The Labute approximate surface area is 109 Å². The number of nitrogens with one attached hydrogen (secondary N) is 1. The Hall–Kier alpha value is -2.14. The van der Waals surface area contributed by atoms with Crippen LogP contribution in [-0.4, -0.2) is 16.7 Å². The van der Waals surface area contributed by atoms with E-state index < -0.39 is 0 Å². The number of nitrogens with zero attached hydrogens (tertiary/aromatic N) is 1. The molecule has 0 radical (unpaired) electrons. The first-order valence-corrected chi connectivity index (χ1v) is 6.22. The summed E-state index contributed by atoms with van der Waals surface area (Å²) in [5.41, 5.74) is 3.70. The van der Waals surface area contributed by atoms with Crippen molar-refractivity contribution in [3.05, 3.63) is 52.2 Å². The van der Waals surface area contributed by atoms with E-state index in [0.717, 1.165) is 10.6 Å². The smallest absolute Gasteiger partial charge is 0.271 e. The van der Waals surface area contributed by atoms with Crippen LogP contribution in [0.15, 0.2) is 46.9 Å². The van der Waals surface area contributed by atoms with E-state index >= 15 is 0 Å². The van der Waals surface area contributed by atoms with Crippen molar-refractivity contribution in [3.8, 4) is 5.75 Å². The highest BCUT2D eigenvalue weighted by Gasteiger charge is 2.04. The van der Waals surface area contributed by atoms with Gasteiger partial charge in [0.2, 0.25) is 0 Å². The Morgan fingerprint density at radius 3 is 2.61 bits per heavy atom. The number of phenols is 1. The summed E-state index contributed by atoms with van der Waals surface area (Å²) in [4.78, 5) is 12.7. The molecule has 4 nitrogen and oxygen atoms in total. The predicted octanol–water partition coefficient (Wildman–Crippen LogP) is 2.61. The molecule has 2 N–H and O–H groups in total. The maximum absolute atomic E-state index is 11.7. The van der Waals surface area contributed by atoms with E-state index in [9.17, 15) is 4.79 Å². The Bertz CT molecular complexity index is 559. The second-order valence-corrected chi connectivity index (χ2v) is 4.61. The number of benzene rings is 1. The van der Waals surface area contributed by atoms with E-state index in [-0.39, 0.29) is 11.7 Å². The molecule has 0 atom stereocenters. The maximum atomic E-state index is 11.7. The molecule has 5 heteroatoms. The summed E-state index contributed by atoms with van der Waals surface area (Å²) in [6.45, 7) is 1.84. The third-order valence-electron chi connectivity index (χ3n) is 2.33. The van der Waals surface area contributed by atoms with Crippen molar-refractivity contribution in [2.45, 2.75) is 6.92 Å².